The number of aromatic nitrogens is 2. The minimum absolute atomic E-state index is 0.0658. The SMILES string of the molecule is CCCNC(=O)CSc1nnc([C@H]2CCS(=O)(=O)C2)o1. The number of hydrogen-bond acceptors (Lipinski definition) is 7. The number of rotatable bonds is 6. The molecule has 0 bridgehead atoms. The molecule has 1 amide bonds. The first-order chi connectivity index (χ1) is 9.50. The lowest BCUT2D eigenvalue weighted by Gasteiger charge is -2.01. The van der Waals surface area contributed by atoms with E-state index in [-0.39, 0.29) is 29.1 Å². The Balaban J connectivity index is 1.85. The normalized spacial score (nSPS) is 20.9. The zero-order valence-electron chi connectivity index (χ0n) is 11.2. The molecular formula is C11H17N3O4S2. The van der Waals surface area contributed by atoms with Crippen LogP contribution in [0.15, 0.2) is 9.64 Å². The second-order valence-corrected chi connectivity index (χ2v) is 7.80. The predicted octanol–water partition coefficient (Wildman–Crippen LogP) is 0.590. The van der Waals surface area contributed by atoms with E-state index >= 15 is 0 Å². The van der Waals surface area contributed by atoms with Gasteiger partial charge in [-0.2, -0.15) is 0 Å². The molecule has 2 rings (SSSR count). The van der Waals surface area contributed by atoms with E-state index in [9.17, 15) is 13.2 Å². The third-order valence-corrected chi connectivity index (χ3v) is 5.49. The van der Waals surface area contributed by atoms with E-state index in [1.807, 2.05) is 6.92 Å². The minimum Gasteiger partial charge on any atom is -0.416 e. The summed E-state index contributed by atoms with van der Waals surface area (Å²) in [6.45, 7) is 2.63. The lowest BCUT2D eigenvalue weighted by molar-refractivity contribution is -0.118. The van der Waals surface area contributed by atoms with Gasteiger partial charge in [-0.1, -0.05) is 18.7 Å². The molecule has 7 nitrogen and oxygen atoms in total. The third kappa shape index (κ3) is 4.20. The first kappa shape index (κ1) is 15.3. The molecule has 1 atom stereocenters. The van der Waals surface area contributed by atoms with E-state index in [1.54, 1.807) is 0 Å². The van der Waals surface area contributed by atoms with Crippen molar-refractivity contribution < 1.29 is 17.6 Å². The van der Waals surface area contributed by atoms with Gasteiger partial charge in [0.2, 0.25) is 11.8 Å². The van der Waals surface area contributed by atoms with Crippen LogP contribution in [0.4, 0.5) is 0 Å². The van der Waals surface area contributed by atoms with Crippen molar-refractivity contribution in [2.45, 2.75) is 30.9 Å². The van der Waals surface area contributed by atoms with Crippen LogP contribution in [0, 0.1) is 0 Å². The molecule has 1 N–H and O–H groups in total. The maximum absolute atomic E-state index is 11.4. The lowest BCUT2D eigenvalue weighted by atomic mass is 10.1. The van der Waals surface area contributed by atoms with Crippen molar-refractivity contribution >= 4 is 27.5 Å². The van der Waals surface area contributed by atoms with Gasteiger partial charge < -0.3 is 9.73 Å². The van der Waals surface area contributed by atoms with Crippen molar-refractivity contribution in [1.29, 1.82) is 0 Å². The van der Waals surface area contributed by atoms with Gasteiger partial charge in [-0.05, 0) is 12.8 Å². The van der Waals surface area contributed by atoms with Crippen molar-refractivity contribution in [3.8, 4) is 0 Å². The summed E-state index contributed by atoms with van der Waals surface area (Å²) in [5.74, 6) is 0.501. The quantitative estimate of drug-likeness (QED) is 0.765. The maximum atomic E-state index is 11.4. The summed E-state index contributed by atoms with van der Waals surface area (Å²) in [6.07, 6.45) is 1.41. The average molecular weight is 319 g/mol. The molecule has 0 aromatic carbocycles. The van der Waals surface area contributed by atoms with Crippen molar-refractivity contribution in [2.24, 2.45) is 0 Å². The second kappa shape index (κ2) is 6.57. The lowest BCUT2D eigenvalue weighted by Crippen LogP contribution is -2.25. The molecule has 1 aliphatic rings. The zero-order chi connectivity index (χ0) is 14.6. The number of hydrogen-bond donors (Lipinski definition) is 1. The molecule has 0 aliphatic carbocycles. The number of amides is 1. The average Bonchev–Trinajstić information content (AvgIpc) is 3.00. The van der Waals surface area contributed by atoms with Crippen LogP contribution in [0.25, 0.3) is 0 Å². The highest BCUT2D eigenvalue weighted by atomic mass is 32.2. The Morgan fingerprint density at radius 2 is 2.30 bits per heavy atom. The van der Waals surface area contributed by atoms with E-state index < -0.39 is 9.84 Å². The van der Waals surface area contributed by atoms with E-state index in [4.69, 9.17) is 4.42 Å². The van der Waals surface area contributed by atoms with Crippen molar-refractivity contribution in [2.75, 3.05) is 23.8 Å². The fourth-order valence-corrected chi connectivity index (χ4v) is 4.21. The highest BCUT2D eigenvalue weighted by Gasteiger charge is 2.32. The topological polar surface area (TPSA) is 102 Å². The van der Waals surface area contributed by atoms with Gasteiger partial charge in [-0.25, -0.2) is 8.42 Å². The van der Waals surface area contributed by atoms with Crippen molar-refractivity contribution in [3.05, 3.63) is 5.89 Å². The molecule has 1 fully saturated rings. The summed E-state index contributed by atoms with van der Waals surface area (Å²) in [5, 5.41) is 10.8. The molecule has 0 saturated carbocycles. The number of sulfone groups is 1. The van der Waals surface area contributed by atoms with Crippen LogP contribution in [0.3, 0.4) is 0 Å². The molecule has 0 unspecified atom stereocenters. The Morgan fingerprint density at radius 1 is 1.50 bits per heavy atom. The van der Waals surface area contributed by atoms with Crippen LogP contribution in [-0.4, -0.2) is 48.3 Å². The number of nitrogens with zero attached hydrogens (tertiary/aromatic N) is 2. The van der Waals surface area contributed by atoms with Crippen LogP contribution in [0.5, 0.6) is 0 Å². The molecule has 1 aliphatic heterocycles. The molecule has 1 aromatic heterocycles. The van der Waals surface area contributed by atoms with Crippen LogP contribution in [-0.2, 0) is 14.6 Å². The molecule has 0 spiro atoms. The van der Waals surface area contributed by atoms with E-state index in [0.29, 0.717) is 24.1 Å². The first-order valence-corrected chi connectivity index (χ1v) is 9.24. The molecule has 2 heterocycles. The Hall–Kier alpha value is -1.09. The van der Waals surface area contributed by atoms with Crippen molar-refractivity contribution in [1.82, 2.24) is 15.5 Å². The highest BCUT2D eigenvalue weighted by Crippen LogP contribution is 2.29. The summed E-state index contributed by atoms with van der Waals surface area (Å²) in [4.78, 5) is 11.4. The molecule has 0 radical (unpaired) electrons. The number of nitrogens with one attached hydrogen (secondary N) is 1. The van der Waals surface area contributed by atoms with Crippen molar-refractivity contribution in [3.63, 3.8) is 0 Å². The van der Waals surface area contributed by atoms with Gasteiger partial charge in [-0.15, -0.1) is 10.2 Å². The predicted molar refractivity (Wildman–Crippen MR) is 74.3 cm³/mol. The second-order valence-electron chi connectivity index (χ2n) is 4.64. The number of carbonyl (C=O) groups is 1. The van der Waals surface area contributed by atoms with Gasteiger partial charge in [0, 0.05) is 6.54 Å². The van der Waals surface area contributed by atoms with Gasteiger partial charge in [0.05, 0.1) is 23.2 Å². The smallest absolute Gasteiger partial charge is 0.277 e. The number of thioether (sulfide) groups is 1. The Kier molecular flexibility index (Phi) is 5.03. The van der Waals surface area contributed by atoms with Gasteiger partial charge >= 0.3 is 0 Å². The van der Waals surface area contributed by atoms with Gasteiger partial charge in [-0.3, -0.25) is 4.79 Å². The fourth-order valence-electron chi connectivity index (χ4n) is 1.88. The summed E-state index contributed by atoms with van der Waals surface area (Å²) in [5.41, 5.74) is 0. The molecule has 112 valence electrons. The zero-order valence-corrected chi connectivity index (χ0v) is 12.8. The first-order valence-electron chi connectivity index (χ1n) is 6.43. The molecule has 20 heavy (non-hydrogen) atoms. The summed E-state index contributed by atoms with van der Waals surface area (Å²) >= 11 is 1.16. The van der Waals surface area contributed by atoms with E-state index in [0.717, 1.165) is 18.2 Å². The van der Waals surface area contributed by atoms with Gasteiger partial charge in [0.25, 0.3) is 5.22 Å². The highest BCUT2D eigenvalue weighted by molar-refractivity contribution is 7.99. The largest absolute Gasteiger partial charge is 0.416 e. The Morgan fingerprint density at radius 3 is 2.95 bits per heavy atom. The fraction of sp³-hybridized carbons (Fsp3) is 0.727. The van der Waals surface area contributed by atoms with Gasteiger partial charge in [0.1, 0.15) is 0 Å². The number of carbonyl (C=O) groups excluding carboxylic acids is 1. The maximum Gasteiger partial charge on any atom is 0.277 e. The molecule has 9 heteroatoms. The van der Waals surface area contributed by atoms with Crippen LogP contribution in [0.1, 0.15) is 31.6 Å². The molecule has 1 saturated heterocycles. The molecular weight excluding hydrogens is 302 g/mol. The van der Waals surface area contributed by atoms with E-state index in [2.05, 4.69) is 15.5 Å². The standard InChI is InChI=1S/C11H17N3O4S2/c1-2-4-12-9(15)6-19-11-14-13-10(18-11)8-3-5-20(16,17)7-8/h8H,2-7H2,1H3,(H,12,15)/t8-/m0/s1. The Labute approximate surface area is 121 Å². The van der Waals surface area contributed by atoms with Crippen LogP contribution < -0.4 is 5.32 Å². The monoisotopic (exact) mass is 319 g/mol. The van der Waals surface area contributed by atoms with Gasteiger partial charge in [0.15, 0.2) is 9.84 Å². The third-order valence-electron chi connectivity index (χ3n) is 2.90. The molecule has 1 aromatic rings. The van der Waals surface area contributed by atoms with Crippen LogP contribution in [0.2, 0.25) is 0 Å². The minimum atomic E-state index is -2.97. The van der Waals surface area contributed by atoms with E-state index in [1.165, 1.54) is 0 Å². The summed E-state index contributed by atoms with van der Waals surface area (Å²) < 4.78 is 28.2. The summed E-state index contributed by atoms with van der Waals surface area (Å²) in [6, 6.07) is 0. The summed E-state index contributed by atoms with van der Waals surface area (Å²) in [7, 11) is -2.97. The van der Waals surface area contributed by atoms with Crippen LogP contribution >= 0.6 is 11.8 Å². The Bertz CT molecular complexity index is 570.